The van der Waals surface area contributed by atoms with Crippen molar-refractivity contribution < 1.29 is 0 Å². The zero-order valence-corrected chi connectivity index (χ0v) is 13.4. The summed E-state index contributed by atoms with van der Waals surface area (Å²) in [7, 11) is 0. The summed E-state index contributed by atoms with van der Waals surface area (Å²) in [5.41, 5.74) is 11.6. The summed E-state index contributed by atoms with van der Waals surface area (Å²) < 4.78 is 0. The summed E-state index contributed by atoms with van der Waals surface area (Å²) in [5.74, 6) is 0. The molecule has 0 fully saturated rings. The molecule has 1 aromatic heterocycles. The van der Waals surface area contributed by atoms with E-state index in [1.54, 1.807) is 11.3 Å². The van der Waals surface area contributed by atoms with Gasteiger partial charge in [0.2, 0.25) is 0 Å². The molecule has 0 aliphatic carbocycles. The number of thiophene rings is 1. The fourth-order valence-corrected chi connectivity index (χ4v) is 3.37. The number of anilines is 1. The van der Waals surface area contributed by atoms with E-state index in [0.717, 1.165) is 18.5 Å². The normalized spacial score (nSPS) is 10.9. The van der Waals surface area contributed by atoms with Crippen LogP contribution in [0, 0.1) is 0 Å². The first kappa shape index (κ1) is 15.1. The maximum atomic E-state index is 6.49. The Hall–Kier alpha value is -1.28. The summed E-state index contributed by atoms with van der Waals surface area (Å²) in [4.78, 5) is 1.28. The molecule has 0 saturated heterocycles. The van der Waals surface area contributed by atoms with Crippen LogP contribution in [0.1, 0.15) is 50.7 Å². The van der Waals surface area contributed by atoms with Crippen molar-refractivity contribution >= 4 is 17.0 Å². The van der Waals surface area contributed by atoms with Crippen LogP contribution >= 0.6 is 11.3 Å². The summed E-state index contributed by atoms with van der Waals surface area (Å²) in [6, 6.07) is 8.76. The predicted octanol–water partition coefficient (Wildman–Crippen LogP) is 5.68. The van der Waals surface area contributed by atoms with Gasteiger partial charge in [-0.25, -0.2) is 0 Å². The van der Waals surface area contributed by atoms with Crippen LogP contribution < -0.4 is 5.73 Å². The van der Waals surface area contributed by atoms with E-state index >= 15 is 0 Å². The molecule has 0 atom stereocenters. The maximum absolute atomic E-state index is 6.49. The molecule has 0 spiro atoms. The lowest BCUT2D eigenvalue weighted by Crippen LogP contribution is -2.02. The van der Waals surface area contributed by atoms with Crippen LogP contribution in [0.4, 0.5) is 5.69 Å². The molecule has 20 heavy (non-hydrogen) atoms. The Morgan fingerprint density at radius 1 is 1.00 bits per heavy atom. The van der Waals surface area contributed by atoms with Gasteiger partial charge in [0.05, 0.1) is 0 Å². The molecular formula is C18H25NS. The molecule has 0 aliphatic heterocycles. The summed E-state index contributed by atoms with van der Waals surface area (Å²) in [6.45, 7) is 4.49. The smallest absolute Gasteiger partial charge is 0.0437 e. The largest absolute Gasteiger partial charge is 0.398 e. The Labute approximate surface area is 126 Å². The first-order valence-corrected chi connectivity index (χ1v) is 8.60. The van der Waals surface area contributed by atoms with Crippen LogP contribution in [0.15, 0.2) is 29.6 Å². The molecule has 0 bridgehead atoms. The number of hydrogen-bond acceptors (Lipinski definition) is 2. The quantitative estimate of drug-likeness (QED) is 0.651. The summed E-state index contributed by atoms with van der Waals surface area (Å²) in [5, 5.41) is 2.12. The molecule has 0 radical (unpaired) electrons. The second-order valence-electron chi connectivity index (χ2n) is 5.35. The highest BCUT2D eigenvalue weighted by Crippen LogP contribution is 2.34. The van der Waals surface area contributed by atoms with Gasteiger partial charge in [-0.15, -0.1) is 11.3 Å². The van der Waals surface area contributed by atoms with Gasteiger partial charge in [-0.1, -0.05) is 44.9 Å². The van der Waals surface area contributed by atoms with E-state index < -0.39 is 0 Å². The van der Waals surface area contributed by atoms with Crippen molar-refractivity contribution in [3.05, 3.63) is 40.8 Å². The first-order chi connectivity index (χ1) is 9.77. The number of nitrogens with two attached hydrogens (primary N) is 1. The zero-order valence-electron chi connectivity index (χ0n) is 12.6. The minimum atomic E-state index is 1.01. The van der Waals surface area contributed by atoms with Crippen LogP contribution in [0.2, 0.25) is 0 Å². The molecule has 2 rings (SSSR count). The van der Waals surface area contributed by atoms with Gasteiger partial charge in [0.1, 0.15) is 0 Å². The van der Waals surface area contributed by atoms with E-state index in [-0.39, 0.29) is 0 Å². The summed E-state index contributed by atoms with van der Waals surface area (Å²) in [6.07, 6.45) is 7.19. The van der Waals surface area contributed by atoms with Gasteiger partial charge in [-0.3, -0.25) is 0 Å². The average molecular weight is 287 g/mol. The lowest BCUT2D eigenvalue weighted by Gasteiger charge is -2.15. The Kier molecular flexibility index (Phi) is 5.66. The molecule has 0 aliphatic rings. The molecule has 2 heteroatoms. The number of rotatable bonds is 7. The van der Waals surface area contributed by atoms with E-state index in [9.17, 15) is 0 Å². The van der Waals surface area contributed by atoms with Gasteiger partial charge in [-0.05, 0) is 48.3 Å². The molecular weight excluding hydrogens is 262 g/mol. The van der Waals surface area contributed by atoms with E-state index in [1.807, 2.05) is 0 Å². The van der Waals surface area contributed by atoms with Gasteiger partial charge in [0.25, 0.3) is 0 Å². The van der Waals surface area contributed by atoms with Crippen LogP contribution in [-0.4, -0.2) is 0 Å². The molecule has 1 aromatic carbocycles. The van der Waals surface area contributed by atoms with Gasteiger partial charge < -0.3 is 5.73 Å². The second-order valence-corrected chi connectivity index (χ2v) is 6.30. The lowest BCUT2D eigenvalue weighted by atomic mass is 9.93. The molecule has 2 N–H and O–H groups in total. The van der Waals surface area contributed by atoms with Crippen LogP contribution in [0.3, 0.4) is 0 Å². The Morgan fingerprint density at radius 3 is 2.40 bits per heavy atom. The third-order valence-corrected chi connectivity index (χ3v) is 4.72. The van der Waals surface area contributed by atoms with Crippen molar-refractivity contribution in [2.24, 2.45) is 0 Å². The highest BCUT2D eigenvalue weighted by atomic mass is 32.1. The molecule has 1 nitrogen and oxygen atoms in total. The fraction of sp³-hybridized carbons (Fsp3) is 0.444. The number of nitrogen functional groups attached to an aromatic ring is 1. The fourth-order valence-electron chi connectivity index (χ4n) is 2.61. The van der Waals surface area contributed by atoms with Crippen molar-refractivity contribution in [3.63, 3.8) is 0 Å². The minimum absolute atomic E-state index is 1.01. The predicted molar refractivity (Wildman–Crippen MR) is 91.4 cm³/mol. The standard InChI is InChI=1S/C18H25NS/c1-3-5-8-14-11-12-16(17-10-7-13-20-17)18(19)15(14)9-6-4-2/h7,10-13H,3-6,8-9,19H2,1-2H3. The Bertz CT molecular complexity index is 529. The Morgan fingerprint density at radius 2 is 1.75 bits per heavy atom. The van der Waals surface area contributed by atoms with Crippen molar-refractivity contribution in [3.8, 4) is 10.4 Å². The topological polar surface area (TPSA) is 26.0 Å². The summed E-state index contributed by atoms with van der Waals surface area (Å²) >= 11 is 1.77. The van der Waals surface area contributed by atoms with Crippen LogP contribution in [0.25, 0.3) is 10.4 Å². The number of benzene rings is 1. The highest BCUT2D eigenvalue weighted by Gasteiger charge is 2.12. The van der Waals surface area contributed by atoms with Crippen molar-refractivity contribution in [1.29, 1.82) is 0 Å². The average Bonchev–Trinajstić information content (AvgIpc) is 2.98. The SMILES string of the molecule is CCCCc1ccc(-c2cccs2)c(N)c1CCCC. The molecule has 0 saturated carbocycles. The Balaban J connectivity index is 2.37. The van der Waals surface area contributed by atoms with E-state index in [0.29, 0.717) is 0 Å². The number of unbranched alkanes of at least 4 members (excludes halogenated alkanes) is 2. The van der Waals surface area contributed by atoms with Crippen LogP contribution in [0.5, 0.6) is 0 Å². The van der Waals surface area contributed by atoms with Crippen molar-refractivity contribution in [1.82, 2.24) is 0 Å². The van der Waals surface area contributed by atoms with Gasteiger partial charge in [0.15, 0.2) is 0 Å². The van der Waals surface area contributed by atoms with Crippen LogP contribution in [-0.2, 0) is 12.8 Å². The van der Waals surface area contributed by atoms with Crippen molar-refractivity contribution in [2.75, 3.05) is 5.73 Å². The van der Waals surface area contributed by atoms with E-state index in [2.05, 4.69) is 43.5 Å². The maximum Gasteiger partial charge on any atom is 0.0437 e. The first-order valence-electron chi connectivity index (χ1n) is 7.72. The van der Waals surface area contributed by atoms with Crippen molar-refractivity contribution in [2.45, 2.75) is 52.4 Å². The molecule has 0 amide bonds. The highest BCUT2D eigenvalue weighted by molar-refractivity contribution is 7.13. The molecule has 108 valence electrons. The third-order valence-electron chi connectivity index (χ3n) is 3.82. The zero-order chi connectivity index (χ0) is 14.4. The lowest BCUT2D eigenvalue weighted by molar-refractivity contribution is 0.760. The van der Waals surface area contributed by atoms with Gasteiger partial charge >= 0.3 is 0 Å². The molecule has 0 unspecified atom stereocenters. The third kappa shape index (κ3) is 3.43. The van der Waals surface area contributed by atoms with E-state index in [1.165, 1.54) is 47.3 Å². The second kappa shape index (κ2) is 7.49. The molecule has 1 heterocycles. The van der Waals surface area contributed by atoms with Gasteiger partial charge in [0, 0.05) is 16.1 Å². The van der Waals surface area contributed by atoms with E-state index in [4.69, 9.17) is 5.73 Å². The number of aryl methyl sites for hydroxylation is 1. The molecule has 2 aromatic rings. The minimum Gasteiger partial charge on any atom is -0.398 e. The monoisotopic (exact) mass is 287 g/mol. The number of hydrogen-bond donors (Lipinski definition) is 1. The van der Waals surface area contributed by atoms with Gasteiger partial charge in [-0.2, -0.15) is 0 Å².